The quantitative estimate of drug-likeness (QED) is 0.817. The molecule has 3 rings (SSSR count). The van der Waals surface area contributed by atoms with Crippen LogP contribution in [-0.2, 0) is 9.59 Å². The molecule has 7 heteroatoms. The van der Waals surface area contributed by atoms with Gasteiger partial charge >= 0.3 is 12.6 Å². The molecule has 122 valence electrons. The summed E-state index contributed by atoms with van der Waals surface area (Å²) in [6, 6.07) is 5.84. The zero-order valence-electron chi connectivity index (χ0n) is 12.0. The third kappa shape index (κ3) is 2.91. The molecule has 0 unspecified atom stereocenters. The molecular weight excluding hydrogens is 308 g/mol. The van der Waals surface area contributed by atoms with Crippen LogP contribution in [0.4, 0.5) is 14.5 Å². The number of hydrogen-bond acceptors (Lipinski definition) is 3. The van der Waals surface area contributed by atoms with Crippen molar-refractivity contribution >= 4 is 17.6 Å². The molecule has 0 radical (unpaired) electrons. The molecule has 1 aromatic rings. The predicted molar refractivity (Wildman–Crippen MR) is 77.1 cm³/mol. The van der Waals surface area contributed by atoms with Crippen molar-refractivity contribution < 1.29 is 28.2 Å². The first-order valence-electron chi connectivity index (χ1n) is 7.23. The largest absolute Gasteiger partial charge is 0.481 e. The number of rotatable bonds is 5. The Morgan fingerprint density at radius 1 is 1.17 bits per heavy atom. The van der Waals surface area contributed by atoms with E-state index >= 15 is 0 Å². The number of amides is 1. The molecule has 2 N–H and O–H groups in total. The summed E-state index contributed by atoms with van der Waals surface area (Å²) in [5.41, 5.74) is 0.105. The highest BCUT2D eigenvalue weighted by molar-refractivity contribution is 5.97. The van der Waals surface area contributed by atoms with E-state index in [1.165, 1.54) is 18.2 Å². The number of benzene rings is 1. The highest BCUT2D eigenvalue weighted by atomic mass is 19.3. The van der Waals surface area contributed by atoms with Crippen molar-refractivity contribution in [2.45, 2.75) is 13.0 Å². The lowest BCUT2D eigenvalue weighted by atomic mass is 9.82. The van der Waals surface area contributed by atoms with Gasteiger partial charge < -0.3 is 15.2 Å². The molecule has 0 aliphatic heterocycles. The van der Waals surface area contributed by atoms with E-state index in [0.717, 1.165) is 0 Å². The van der Waals surface area contributed by atoms with Gasteiger partial charge in [0.15, 0.2) is 0 Å². The van der Waals surface area contributed by atoms with Crippen molar-refractivity contribution in [3.8, 4) is 5.75 Å². The second-order valence-electron chi connectivity index (χ2n) is 5.70. The van der Waals surface area contributed by atoms with Gasteiger partial charge in [-0.05, 0) is 30.4 Å². The SMILES string of the molecule is O=C(O)[C@H]1[C@H](C(=O)Nc2ccccc2OC(F)F)[C@H]2C=C[C@@H]1C2. The Morgan fingerprint density at radius 2 is 1.83 bits per heavy atom. The first-order valence-corrected chi connectivity index (χ1v) is 7.23. The van der Waals surface area contributed by atoms with Crippen LogP contribution in [0.25, 0.3) is 0 Å². The van der Waals surface area contributed by atoms with E-state index < -0.39 is 30.3 Å². The van der Waals surface area contributed by atoms with Crippen LogP contribution in [0.5, 0.6) is 5.75 Å². The van der Waals surface area contributed by atoms with Crippen molar-refractivity contribution in [1.29, 1.82) is 0 Å². The molecule has 0 heterocycles. The third-order valence-corrected chi connectivity index (χ3v) is 4.41. The van der Waals surface area contributed by atoms with E-state index in [1.54, 1.807) is 6.07 Å². The Balaban J connectivity index is 1.80. The topological polar surface area (TPSA) is 75.6 Å². The summed E-state index contributed by atoms with van der Waals surface area (Å²) >= 11 is 0. The van der Waals surface area contributed by atoms with Crippen molar-refractivity contribution in [2.75, 3.05) is 5.32 Å². The van der Waals surface area contributed by atoms with Gasteiger partial charge in [-0.1, -0.05) is 24.3 Å². The van der Waals surface area contributed by atoms with Crippen molar-refractivity contribution in [3.63, 3.8) is 0 Å². The summed E-state index contributed by atoms with van der Waals surface area (Å²) in [4.78, 5) is 23.9. The number of ether oxygens (including phenoxy) is 1. The Kier molecular flexibility index (Phi) is 4.02. The Bertz CT molecular complexity index is 661. The summed E-state index contributed by atoms with van der Waals surface area (Å²) in [5, 5.41) is 11.9. The van der Waals surface area contributed by atoms with Crippen molar-refractivity contribution in [2.24, 2.45) is 23.7 Å². The van der Waals surface area contributed by atoms with Gasteiger partial charge in [-0.15, -0.1) is 0 Å². The fourth-order valence-electron chi connectivity index (χ4n) is 3.50. The highest BCUT2D eigenvalue weighted by Gasteiger charge is 2.51. The Labute approximate surface area is 130 Å². The number of allylic oxidation sites excluding steroid dienone is 2. The monoisotopic (exact) mass is 323 g/mol. The van der Waals surface area contributed by atoms with Crippen molar-refractivity contribution in [3.05, 3.63) is 36.4 Å². The van der Waals surface area contributed by atoms with Crippen LogP contribution < -0.4 is 10.1 Å². The molecular formula is C16H15F2NO4. The van der Waals surface area contributed by atoms with Crippen LogP contribution in [0, 0.1) is 23.7 Å². The number of aliphatic carboxylic acids is 1. The lowest BCUT2D eigenvalue weighted by Crippen LogP contribution is -2.36. The van der Waals surface area contributed by atoms with Crippen LogP contribution in [0.2, 0.25) is 0 Å². The number of alkyl halides is 2. The van der Waals surface area contributed by atoms with Crippen LogP contribution >= 0.6 is 0 Å². The molecule has 0 spiro atoms. The summed E-state index contributed by atoms with van der Waals surface area (Å²) in [7, 11) is 0. The molecule has 1 saturated carbocycles. The fourth-order valence-corrected chi connectivity index (χ4v) is 3.50. The molecule has 1 aromatic carbocycles. The number of nitrogens with one attached hydrogen (secondary N) is 1. The molecule has 4 atom stereocenters. The van der Waals surface area contributed by atoms with Gasteiger partial charge in [0.25, 0.3) is 0 Å². The smallest absolute Gasteiger partial charge is 0.387 e. The van der Waals surface area contributed by atoms with E-state index in [0.29, 0.717) is 6.42 Å². The second kappa shape index (κ2) is 5.98. The molecule has 1 fully saturated rings. The average Bonchev–Trinajstić information content (AvgIpc) is 3.09. The lowest BCUT2D eigenvalue weighted by Gasteiger charge is -2.24. The first-order chi connectivity index (χ1) is 11.0. The molecule has 23 heavy (non-hydrogen) atoms. The normalized spacial score (nSPS) is 28.1. The minimum atomic E-state index is -3.01. The van der Waals surface area contributed by atoms with Crippen molar-refractivity contribution in [1.82, 2.24) is 0 Å². The second-order valence-corrected chi connectivity index (χ2v) is 5.70. The number of para-hydroxylation sites is 2. The molecule has 5 nitrogen and oxygen atoms in total. The number of hydrogen-bond donors (Lipinski definition) is 2. The minimum Gasteiger partial charge on any atom is -0.481 e. The van der Waals surface area contributed by atoms with Gasteiger partial charge in [0.1, 0.15) is 5.75 Å². The third-order valence-electron chi connectivity index (χ3n) is 4.41. The standard InChI is InChI=1S/C16H15F2NO4/c17-16(18)23-11-4-2-1-3-10(11)19-14(20)12-8-5-6-9(7-8)13(12)15(21)22/h1-6,8-9,12-13,16H,7H2,(H,19,20)(H,21,22)/t8-,9+,12+,13+/m0/s1. The highest BCUT2D eigenvalue weighted by Crippen LogP contribution is 2.48. The maximum atomic E-state index is 12.5. The van der Waals surface area contributed by atoms with Crippen LogP contribution in [0.1, 0.15) is 6.42 Å². The zero-order chi connectivity index (χ0) is 16.6. The number of halogens is 2. The van der Waals surface area contributed by atoms with E-state index in [4.69, 9.17) is 0 Å². The lowest BCUT2D eigenvalue weighted by molar-refractivity contribution is -0.146. The minimum absolute atomic E-state index is 0.105. The number of fused-ring (bicyclic) bond motifs is 2. The van der Waals surface area contributed by atoms with E-state index in [1.807, 2.05) is 12.2 Å². The molecule has 0 aromatic heterocycles. The summed E-state index contributed by atoms with van der Waals surface area (Å²) < 4.78 is 29.2. The molecule has 2 aliphatic rings. The van der Waals surface area contributed by atoms with Gasteiger partial charge in [0.2, 0.25) is 5.91 Å². The Morgan fingerprint density at radius 3 is 2.48 bits per heavy atom. The number of anilines is 1. The van der Waals surface area contributed by atoms with Crippen LogP contribution in [-0.4, -0.2) is 23.6 Å². The number of carbonyl (C=O) groups is 2. The maximum Gasteiger partial charge on any atom is 0.387 e. The van der Waals surface area contributed by atoms with E-state index in [2.05, 4.69) is 10.1 Å². The summed E-state index contributed by atoms with van der Waals surface area (Å²) in [5.74, 6) is -3.43. The number of carboxylic acid groups (broad SMARTS) is 1. The van der Waals surface area contributed by atoms with Crippen LogP contribution in [0.15, 0.2) is 36.4 Å². The molecule has 1 amide bonds. The average molecular weight is 323 g/mol. The molecule has 2 aliphatic carbocycles. The predicted octanol–water partition coefficient (Wildman–Crippen LogP) is 2.75. The van der Waals surface area contributed by atoms with Crippen LogP contribution in [0.3, 0.4) is 0 Å². The van der Waals surface area contributed by atoms with Gasteiger partial charge in [-0.25, -0.2) is 0 Å². The van der Waals surface area contributed by atoms with E-state index in [9.17, 15) is 23.5 Å². The summed E-state index contributed by atoms with van der Waals surface area (Å²) in [6.45, 7) is -3.01. The first kappa shape index (κ1) is 15.5. The van der Waals surface area contributed by atoms with E-state index in [-0.39, 0.29) is 23.3 Å². The van der Waals surface area contributed by atoms with Gasteiger partial charge in [-0.3, -0.25) is 9.59 Å². The fraction of sp³-hybridized carbons (Fsp3) is 0.375. The Hall–Kier alpha value is -2.44. The molecule has 2 bridgehead atoms. The van der Waals surface area contributed by atoms with Gasteiger partial charge in [0, 0.05) is 0 Å². The van der Waals surface area contributed by atoms with Gasteiger partial charge in [-0.2, -0.15) is 8.78 Å². The maximum absolute atomic E-state index is 12.5. The molecule has 0 saturated heterocycles. The summed E-state index contributed by atoms with van der Waals surface area (Å²) in [6.07, 6.45) is 4.32. The zero-order valence-corrected chi connectivity index (χ0v) is 12.0. The van der Waals surface area contributed by atoms with Gasteiger partial charge in [0.05, 0.1) is 17.5 Å². The number of carbonyl (C=O) groups excluding carboxylic acids is 1. The number of carboxylic acids is 1.